The molecule has 21 heavy (non-hydrogen) atoms. The van der Waals surface area contributed by atoms with Gasteiger partial charge in [-0.3, -0.25) is 9.80 Å². The van der Waals surface area contributed by atoms with Crippen LogP contribution in [0.15, 0.2) is 41.1 Å². The minimum Gasteiger partial charge on any atom is -0.364 e. The van der Waals surface area contributed by atoms with Crippen LogP contribution in [0.2, 0.25) is 0 Å². The molecule has 2 aliphatic heterocycles. The van der Waals surface area contributed by atoms with Gasteiger partial charge in [0.15, 0.2) is 0 Å². The van der Waals surface area contributed by atoms with Crippen LogP contribution in [0.5, 0.6) is 0 Å². The van der Waals surface area contributed by atoms with Gasteiger partial charge in [0.05, 0.1) is 5.69 Å². The quantitative estimate of drug-likeness (QED) is 0.865. The molecule has 4 nitrogen and oxygen atoms in total. The van der Waals surface area contributed by atoms with E-state index >= 15 is 0 Å². The van der Waals surface area contributed by atoms with Crippen LogP contribution in [0.25, 0.3) is 0 Å². The van der Waals surface area contributed by atoms with Crippen molar-refractivity contribution in [2.45, 2.75) is 32.0 Å². The molecular formula is C17H21N3O. The second-order valence-electron chi connectivity index (χ2n) is 6.17. The van der Waals surface area contributed by atoms with Gasteiger partial charge in [-0.2, -0.15) is 0 Å². The number of likely N-dealkylation sites (tertiary alicyclic amines) is 1. The normalized spacial score (nSPS) is 23.3. The zero-order valence-electron chi connectivity index (χ0n) is 12.2. The molecule has 4 heteroatoms. The lowest BCUT2D eigenvalue weighted by molar-refractivity contribution is 0.174. The molecule has 0 radical (unpaired) electrons. The number of nitrogens with zero attached hydrogens (tertiary/aromatic N) is 3. The highest BCUT2D eigenvalue weighted by molar-refractivity contribution is 5.18. The Balaban J connectivity index is 1.36. The number of rotatable bonds is 3. The fourth-order valence-corrected chi connectivity index (χ4v) is 3.57. The number of benzene rings is 1. The molecule has 0 bridgehead atoms. The summed E-state index contributed by atoms with van der Waals surface area (Å²) in [6.45, 7) is 5.57. The first-order valence-electron chi connectivity index (χ1n) is 7.81. The van der Waals surface area contributed by atoms with Crippen LogP contribution in [-0.4, -0.2) is 40.6 Å². The van der Waals surface area contributed by atoms with Gasteiger partial charge >= 0.3 is 0 Å². The molecule has 3 heterocycles. The Bertz CT molecular complexity index is 595. The van der Waals surface area contributed by atoms with Crippen molar-refractivity contribution in [3.8, 4) is 0 Å². The van der Waals surface area contributed by atoms with Crippen molar-refractivity contribution in [2.75, 3.05) is 19.6 Å². The van der Waals surface area contributed by atoms with E-state index in [0.717, 1.165) is 31.7 Å². The summed E-state index contributed by atoms with van der Waals surface area (Å²) in [5, 5.41) is 4.08. The summed E-state index contributed by atoms with van der Waals surface area (Å²) in [6.07, 6.45) is 4.12. The van der Waals surface area contributed by atoms with Crippen molar-refractivity contribution in [1.82, 2.24) is 15.0 Å². The zero-order valence-corrected chi connectivity index (χ0v) is 12.2. The Hall–Kier alpha value is -1.65. The largest absolute Gasteiger partial charge is 0.364 e. The van der Waals surface area contributed by atoms with Crippen LogP contribution >= 0.6 is 0 Å². The van der Waals surface area contributed by atoms with Crippen molar-refractivity contribution in [3.63, 3.8) is 0 Å². The number of hydrogen-bond acceptors (Lipinski definition) is 4. The van der Waals surface area contributed by atoms with E-state index in [1.54, 1.807) is 0 Å². The molecule has 1 fully saturated rings. The lowest BCUT2D eigenvalue weighted by Crippen LogP contribution is -2.40. The summed E-state index contributed by atoms with van der Waals surface area (Å²) in [5.41, 5.74) is 3.85. The highest BCUT2D eigenvalue weighted by atomic mass is 16.5. The fourth-order valence-electron chi connectivity index (χ4n) is 3.57. The molecule has 2 aromatic rings. The van der Waals surface area contributed by atoms with Gasteiger partial charge in [0.2, 0.25) is 0 Å². The van der Waals surface area contributed by atoms with E-state index in [1.165, 1.54) is 30.6 Å². The molecule has 0 aliphatic carbocycles. The summed E-state index contributed by atoms with van der Waals surface area (Å²) in [4.78, 5) is 5.17. The van der Waals surface area contributed by atoms with E-state index in [1.807, 2.05) is 6.26 Å². The summed E-state index contributed by atoms with van der Waals surface area (Å²) >= 11 is 0. The van der Waals surface area contributed by atoms with Crippen molar-refractivity contribution in [1.29, 1.82) is 0 Å². The zero-order chi connectivity index (χ0) is 14.1. The molecule has 0 amide bonds. The maximum absolute atomic E-state index is 5.09. The predicted molar refractivity (Wildman–Crippen MR) is 80.7 cm³/mol. The predicted octanol–water partition coefficient (Wildman–Crippen LogP) is 2.31. The standard InChI is InChI=1S/C17H21N3O/c1-2-4-14(5-3-1)10-19-8-6-16(12-19)20-9-7-17-15(11-20)13-21-18-17/h1-5,13,16H,6-12H2/t16-/m1/s1. The molecule has 0 unspecified atom stereocenters. The maximum Gasteiger partial charge on any atom is 0.128 e. The Kier molecular flexibility index (Phi) is 3.49. The van der Waals surface area contributed by atoms with E-state index in [-0.39, 0.29) is 0 Å². The molecular weight excluding hydrogens is 262 g/mol. The third-order valence-electron chi connectivity index (χ3n) is 4.75. The van der Waals surface area contributed by atoms with Gasteiger partial charge in [0, 0.05) is 50.7 Å². The Morgan fingerprint density at radius 2 is 2.10 bits per heavy atom. The molecule has 4 rings (SSSR count). The molecule has 110 valence electrons. The van der Waals surface area contributed by atoms with Gasteiger partial charge in [0.1, 0.15) is 6.26 Å². The summed E-state index contributed by atoms with van der Waals surface area (Å²) in [7, 11) is 0. The third kappa shape index (κ3) is 2.74. The second kappa shape index (κ2) is 5.62. The first-order chi connectivity index (χ1) is 10.4. The van der Waals surface area contributed by atoms with Crippen molar-refractivity contribution in [3.05, 3.63) is 53.4 Å². The van der Waals surface area contributed by atoms with Crippen LogP contribution in [0.1, 0.15) is 23.2 Å². The van der Waals surface area contributed by atoms with Crippen molar-refractivity contribution in [2.24, 2.45) is 0 Å². The lowest BCUT2D eigenvalue weighted by atomic mass is 10.1. The van der Waals surface area contributed by atoms with Crippen molar-refractivity contribution >= 4 is 0 Å². The van der Waals surface area contributed by atoms with E-state index in [2.05, 4.69) is 45.3 Å². The Morgan fingerprint density at radius 1 is 1.19 bits per heavy atom. The monoisotopic (exact) mass is 283 g/mol. The van der Waals surface area contributed by atoms with E-state index in [4.69, 9.17) is 4.52 Å². The minimum absolute atomic E-state index is 0.678. The van der Waals surface area contributed by atoms with Crippen LogP contribution in [-0.2, 0) is 19.5 Å². The Morgan fingerprint density at radius 3 is 3.00 bits per heavy atom. The number of hydrogen-bond donors (Lipinski definition) is 0. The first kappa shape index (κ1) is 13.0. The first-order valence-corrected chi connectivity index (χ1v) is 7.81. The summed E-state index contributed by atoms with van der Waals surface area (Å²) in [6, 6.07) is 11.5. The molecule has 1 saturated heterocycles. The molecule has 2 aliphatic rings. The van der Waals surface area contributed by atoms with E-state index in [9.17, 15) is 0 Å². The van der Waals surface area contributed by atoms with Crippen LogP contribution in [0, 0.1) is 0 Å². The fraction of sp³-hybridized carbons (Fsp3) is 0.471. The number of fused-ring (bicyclic) bond motifs is 1. The second-order valence-corrected chi connectivity index (χ2v) is 6.17. The van der Waals surface area contributed by atoms with Crippen LogP contribution in [0.4, 0.5) is 0 Å². The van der Waals surface area contributed by atoms with Gasteiger partial charge in [-0.1, -0.05) is 35.5 Å². The number of aromatic nitrogens is 1. The summed E-state index contributed by atoms with van der Waals surface area (Å²) < 4.78 is 5.09. The lowest BCUT2D eigenvalue weighted by Gasteiger charge is -2.31. The van der Waals surface area contributed by atoms with Crippen LogP contribution in [0.3, 0.4) is 0 Å². The highest BCUT2D eigenvalue weighted by Crippen LogP contribution is 2.24. The van der Waals surface area contributed by atoms with Gasteiger partial charge < -0.3 is 4.52 Å². The van der Waals surface area contributed by atoms with Gasteiger partial charge in [-0.05, 0) is 12.0 Å². The van der Waals surface area contributed by atoms with Crippen molar-refractivity contribution < 1.29 is 4.52 Å². The van der Waals surface area contributed by atoms with Gasteiger partial charge in [-0.15, -0.1) is 0 Å². The highest BCUT2D eigenvalue weighted by Gasteiger charge is 2.30. The molecule has 1 aromatic carbocycles. The molecule has 1 aromatic heterocycles. The van der Waals surface area contributed by atoms with Gasteiger partial charge in [-0.25, -0.2) is 0 Å². The topological polar surface area (TPSA) is 32.5 Å². The summed E-state index contributed by atoms with van der Waals surface area (Å²) in [5.74, 6) is 0. The SMILES string of the molecule is c1ccc(CN2CC[C@@H](N3CCc4nocc4C3)C2)cc1. The van der Waals surface area contributed by atoms with E-state index < -0.39 is 0 Å². The molecule has 1 atom stereocenters. The average molecular weight is 283 g/mol. The third-order valence-corrected chi connectivity index (χ3v) is 4.75. The molecule has 0 spiro atoms. The minimum atomic E-state index is 0.678. The average Bonchev–Trinajstić information content (AvgIpc) is 3.16. The Labute approximate surface area is 125 Å². The van der Waals surface area contributed by atoms with Gasteiger partial charge in [0.25, 0.3) is 0 Å². The smallest absolute Gasteiger partial charge is 0.128 e. The van der Waals surface area contributed by atoms with Crippen LogP contribution < -0.4 is 0 Å². The van der Waals surface area contributed by atoms with E-state index in [0.29, 0.717) is 6.04 Å². The molecule has 0 saturated carbocycles. The maximum atomic E-state index is 5.09. The molecule has 0 N–H and O–H groups in total.